The average Bonchev–Trinajstić information content (AvgIpc) is 1.86. The van der Waals surface area contributed by atoms with Crippen LogP contribution < -0.4 is 0 Å². The first-order valence-electron chi connectivity index (χ1n) is 4.42. The van der Waals surface area contributed by atoms with Crippen molar-refractivity contribution >= 4 is 6.47 Å². The van der Waals surface area contributed by atoms with Crippen molar-refractivity contribution in [1.82, 2.24) is 0 Å². The lowest BCUT2D eigenvalue weighted by molar-refractivity contribution is -0.0287. The predicted octanol–water partition coefficient (Wildman–Crippen LogP) is 2.68. The monoisotopic (exact) mass is 171 g/mol. The normalized spacial score (nSPS) is 12.8. The summed E-state index contributed by atoms with van der Waals surface area (Å²) in [6.07, 6.45) is 2.14. The van der Waals surface area contributed by atoms with Crippen molar-refractivity contribution < 1.29 is 9.53 Å². The number of carbonyl (C=O) groups excluding carboxylic acids is 1. The first kappa shape index (κ1) is 11.5. The molecule has 0 N–H and O–H groups in total. The molecule has 2 nitrogen and oxygen atoms in total. The predicted molar refractivity (Wildman–Crippen MR) is 49.5 cm³/mol. The van der Waals surface area contributed by atoms with Gasteiger partial charge in [0, 0.05) is 5.41 Å². The van der Waals surface area contributed by atoms with Crippen LogP contribution in [0.15, 0.2) is 0 Å². The van der Waals surface area contributed by atoms with Crippen LogP contribution >= 0.6 is 0 Å². The van der Waals surface area contributed by atoms with Gasteiger partial charge in [-0.15, -0.1) is 0 Å². The Balaban J connectivity index is 4.38. The van der Waals surface area contributed by atoms with E-state index in [4.69, 9.17) is 4.74 Å². The third-order valence-corrected chi connectivity index (χ3v) is 2.80. The molecule has 0 aromatic carbocycles. The Hall–Kier alpha value is -0.530. The Morgan fingerprint density at radius 2 is 1.75 bits per heavy atom. The van der Waals surface area contributed by atoms with Crippen LogP contribution in [0.5, 0.6) is 0 Å². The second kappa shape index (κ2) is 3.92. The summed E-state index contributed by atoms with van der Waals surface area (Å²) in [5, 5.41) is 0. The first-order valence-corrected chi connectivity index (χ1v) is 4.42. The van der Waals surface area contributed by atoms with Gasteiger partial charge >= 0.3 is 6.47 Å². The van der Waals surface area contributed by atoms with Gasteiger partial charge in [0.2, 0.25) is 0 Å². The third-order valence-electron chi connectivity index (χ3n) is 2.80. The number of hydrogen-bond acceptors (Lipinski definition) is 2. The lowest BCUT2D eigenvalue weighted by Crippen LogP contribution is -2.41. The van der Waals surface area contributed by atoms with Crippen LogP contribution in [-0.4, -0.2) is 12.1 Å². The first-order chi connectivity index (χ1) is 5.37. The molecule has 0 aliphatic rings. The van der Waals surface area contributed by atoms with Crippen LogP contribution in [0.1, 0.15) is 47.5 Å². The van der Waals surface area contributed by atoms with E-state index < -0.39 is 5.60 Å². The van der Waals surface area contributed by atoms with Gasteiger partial charge in [0.25, 0.3) is 0 Å². The molecule has 12 heavy (non-hydrogen) atoms. The molecule has 0 spiro atoms. The summed E-state index contributed by atoms with van der Waals surface area (Å²) >= 11 is 0. The Labute approximate surface area is 75.3 Å². The molecule has 0 atom stereocenters. The maximum absolute atomic E-state index is 10.1. The molecule has 0 fully saturated rings. The highest BCUT2D eigenvalue weighted by atomic mass is 16.5. The lowest BCUT2D eigenvalue weighted by Gasteiger charge is -2.39. The maximum atomic E-state index is 10.1. The second-order valence-electron chi connectivity index (χ2n) is 4.33. The summed E-state index contributed by atoms with van der Waals surface area (Å²) in [4.78, 5) is 10.1. The van der Waals surface area contributed by atoms with E-state index in [0.29, 0.717) is 0 Å². The Morgan fingerprint density at radius 1 is 1.25 bits per heavy atom. The molecule has 1 radical (unpaired) electrons. The molecule has 0 amide bonds. The van der Waals surface area contributed by atoms with Crippen molar-refractivity contribution in [3.63, 3.8) is 0 Å². The largest absolute Gasteiger partial charge is 0.451 e. The fourth-order valence-corrected chi connectivity index (χ4v) is 1.17. The van der Waals surface area contributed by atoms with E-state index in [1.807, 2.05) is 13.8 Å². The van der Waals surface area contributed by atoms with E-state index in [1.165, 1.54) is 6.47 Å². The van der Waals surface area contributed by atoms with Gasteiger partial charge in [-0.25, -0.2) is 4.79 Å². The summed E-state index contributed by atoms with van der Waals surface area (Å²) in [7, 11) is 0. The molecule has 0 aromatic rings. The lowest BCUT2D eigenvalue weighted by atomic mass is 9.74. The average molecular weight is 171 g/mol. The Morgan fingerprint density at radius 3 is 2.08 bits per heavy atom. The van der Waals surface area contributed by atoms with E-state index in [1.54, 1.807) is 0 Å². The smallest absolute Gasteiger partial charge is 0.418 e. The van der Waals surface area contributed by atoms with Gasteiger partial charge in [-0.05, 0) is 20.3 Å². The number of ether oxygens (including phenoxy) is 1. The molecule has 0 unspecified atom stereocenters. The summed E-state index contributed by atoms with van der Waals surface area (Å²) < 4.78 is 4.94. The SMILES string of the molecule is CCCC(C)(C)C(C)(C)O[C]=O. The van der Waals surface area contributed by atoms with E-state index in [-0.39, 0.29) is 5.41 Å². The van der Waals surface area contributed by atoms with Crippen molar-refractivity contribution in [2.75, 3.05) is 0 Å². The molecule has 2 heteroatoms. The van der Waals surface area contributed by atoms with Gasteiger partial charge in [0.05, 0.1) is 0 Å². The van der Waals surface area contributed by atoms with Crippen LogP contribution in [0.4, 0.5) is 0 Å². The van der Waals surface area contributed by atoms with Gasteiger partial charge in [-0.2, -0.15) is 0 Å². The standard InChI is InChI=1S/C10H19O2/c1-6-7-9(2,3)10(4,5)12-8-11/h6-7H2,1-5H3. The summed E-state index contributed by atoms with van der Waals surface area (Å²) in [6.45, 7) is 11.7. The quantitative estimate of drug-likeness (QED) is 0.635. The molecular formula is C10H19O2. The maximum Gasteiger partial charge on any atom is 0.418 e. The zero-order valence-corrected chi connectivity index (χ0v) is 8.73. The minimum Gasteiger partial charge on any atom is -0.451 e. The molecule has 0 saturated heterocycles. The number of hydrogen-bond donors (Lipinski definition) is 0. The molecule has 0 bridgehead atoms. The van der Waals surface area contributed by atoms with Gasteiger partial charge in [0.15, 0.2) is 0 Å². The summed E-state index contributed by atoms with van der Waals surface area (Å²) in [5.74, 6) is 0. The van der Waals surface area contributed by atoms with Crippen molar-refractivity contribution in [2.24, 2.45) is 5.41 Å². The van der Waals surface area contributed by atoms with Gasteiger partial charge < -0.3 is 4.74 Å². The van der Waals surface area contributed by atoms with Crippen LogP contribution in [0.3, 0.4) is 0 Å². The van der Waals surface area contributed by atoms with Crippen LogP contribution in [-0.2, 0) is 9.53 Å². The van der Waals surface area contributed by atoms with E-state index >= 15 is 0 Å². The highest BCUT2D eigenvalue weighted by molar-refractivity contribution is 5.39. The molecule has 0 saturated carbocycles. The highest BCUT2D eigenvalue weighted by Gasteiger charge is 2.38. The summed E-state index contributed by atoms with van der Waals surface area (Å²) in [5.41, 5.74) is -0.413. The second-order valence-corrected chi connectivity index (χ2v) is 4.33. The van der Waals surface area contributed by atoms with E-state index in [0.717, 1.165) is 12.8 Å². The van der Waals surface area contributed by atoms with Gasteiger partial charge in [-0.1, -0.05) is 27.2 Å². The zero-order valence-electron chi connectivity index (χ0n) is 8.73. The Bertz CT molecular complexity index is 148. The fraction of sp³-hybridized carbons (Fsp3) is 0.900. The minimum atomic E-state index is -0.426. The summed E-state index contributed by atoms with van der Waals surface area (Å²) in [6, 6.07) is 0. The fourth-order valence-electron chi connectivity index (χ4n) is 1.17. The molecule has 0 heterocycles. The van der Waals surface area contributed by atoms with Crippen molar-refractivity contribution in [3.05, 3.63) is 0 Å². The molecule has 0 aliphatic carbocycles. The van der Waals surface area contributed by atoms with Crippen LogP contribution in [0.25, 0.3) is 0 Å². The van der Waals surface area contributed by atoms with Crippen LogP contribution in [0.2, 0.25) is 0 Å². The molecule has 0 aliphatic heterocycles. The Kier molecular flexibility index (Phi) is 3.75. The zero-order chi connectivity index (χ0) is 9.83. The minimum absolute atomic E-state index is 0.0131. The third kappa shape index (κ3) is 2.50. The van der Waals surface area contributed by atoms with Gasteiger partial charge in [-0.3, -0.25) is 0 Å². The van der Waals surface area contributed by atoms with Crippen molar-refractivity contribution in [2.45, 2.75) is 53.1 Å². The highest BCUT2D eigenvalue weighted by Crippen LogP contribution is 2.37. The van der Waals surface area contributed by atoms with Crippen LogP contribution in [0, 0.1) is 5.41 Å². The number of rotatable bonds is 5. The molecular weight excluding hydrogens is 152 g/mol. The van der Waals surface area contributed by atoms with Crippen molar-refractivity contribution in [1.29, 1.82) is 0 Å². The van der Waals surface area contributed by atoms with E-state index in [9.17, 15) is 4.79 Å². The molecule has 0 rings (SSSR count). The topological polar surface area (TPSA) is 26.3 Å². The molecule has 71 valence electrons. The van der Waals surface area contributed by atoms with Gasteiger partial charge in [0.1, 0.15) is 5.60 Å². The van der Waals surface area contributed by atoms with E-state index in [2.05, 4.69) is 20.8 Å². The van der Waals surface area contributed by atoms with Crippen molar-refractivity contribution in [3.8, 4) is 0 Å². The molecule has 0 aromatic heterocycles.